The Morgan fingerprint density at radius 2 is 1.63 bits per heavy atom. The summed E-state index contributed by atoms with van der Waals surface area (Å²) in [7, 11) is 0. The third-order valence-corrected chi connectivity index (χ3v) is 5.36. The summed E-state index contributed by atoms with van der Waals surface area (Å²) >= 11 is 0. The summed E-state index contributed by atoms with van der Waals surface area (Å²) in [6.45, 7) is 7.88. The molecule has 1 heterocycles. The first-order valence-electron chi connectivity index (χ1n) is 10.5. The van der Waals surface area contributed by atoms with E-state index in [1.165, 1.54) is 18.2 Å². The quantitative estimate of drug-likeness (QED) is 0.743. The lowest BCUT2D eigenvalue weighted by Crippen LogP contribution is -2.43. The molecule has 5 nitrogen and oxygen atoms in total. The van der Waals surface area contributed by atoms with Crippen molar-refractivity contribution in [1.82, 2.24) is 9.80 Å². The molecule has 1 fully saturated rings. The molecule has 0 spiro atoms. The van der Waals surface area contributed by atoms with Gasteiger partial charge in [-0.25, -0.2) is 4.39 Å². The summed E-state index contributed by atoms with van der Waals surface area (Å²) < 4.78 is 19.5. The summed E-state index contributed by atoms with van der Waals surface area (Å²) in [4.78, 5) is 29.1. The van der Waals surface area contributed by atoms with E-state index in [0.717, 1.165) is 11.3 Å². The van der Waals surface area contributed by atoms with Gasteiger partial charge < -0.3 is 14.5 Å². The van der Waals surface area contributed by atoms with Crippen LogP contribution in [0.1, 0.15) is 49.0 Å². The van der Waals surface area contributed by atoms with Crippen molar-refractivity contribution in [3.05, 3.63) is 65.5 Å². The zero-order valence-electron chi connectivity index (χ0n) is 17.8. The van der Waals surface area contributed by atoms with Crippen molar-refractivity contribution in [3.63, 3.8) is 0 Å². The van der Waals surface area contributed by atoms with E-state index in [1.54, 1.807) is 22.8 Å². The minimum atomic E-state index is -0.615. The molecular weight excluding hydrogens is 383 g/mol. The zero-order valence-corrected chi connectivity index (χ0v) is 17.8. The van der Waals surface area contributed by atoms with E-state index in [1.807, 2.05) is 24.3 Å². The standard InChI is InChI=1S/C24H29FN2O3/c1-17(2)21-10-4-5-11-22(21)30-18(3)23(28)26-12-7-13-27(15-14-26)24(29)19-8-6-9-20(25)16-19/h4-6,8-11,16-18H,7,12-15H2,1-3H3. The first-order valence-corrected chi connectivity index (χ1v) is 10.5. The molecule has 2 amide bonds. The van der Waals surface area contributed by atoms with Crippen LogP contribution < -0.4 is 4.74 Å². The average Bonchev–Trinajstić information content (AvgIpc) is 2.99. The topological polar surface area (TPSA) is 49.9 Å². The van der Waals surface area contributed by atoms with E-state index in [4.69, 9.17) is 4.74 Å². The Hall–Kier alpha value is -2.89. The van der Waals surface area contributed by atoms with Crippen LogP contribution in [-0.2, 0) is 4.79 Å². The number of hydrogen-bond donors (Lipinski definition) is 0. The van der Waals surface area contributed by atoms with Gasteiger partial charge in [0.1, 0.15) is 11.6 Å². The van der Waals surface area contributed by atoms with Gasteiger partial charge in [-0.05, 0) is 49.1 Å². The fourth-order valence-electron chi connectivity index (χ4n) is 3.71. The normalized spacial score (nSPS) is 15.6. The minimum Gasteiger partial charge on any atom is -0.481 e. The summed E-state index contributed by atoms with van der Waals surface area (Å²) in [5, 5.41) is 0. The first kappa shape index (κ1) is 21.8. The molecule has 2 aromatic rings. The van der Waals surface area contributed by atoms with E-state index in [-0.39, 0.29) is 11.8 Å². The summed E-state index contributed by atoms with van der Waals surface area (Å²) in [5.74, 6) is 0.294. The Balaban J connectivity index is 1.62. The molecular formula is C24H29FN2O3. The fraction of sp³-hybridized carbons (Fsp3) is 0.417. The van der Waals surface area contributed by atoms with Gasteiger partial charge in [-0.3, -0.25) is 9.59 Å². The molecule has 1 aliphatic rings. The molecule has 0 saturated carbocycles. The Bertz CT molecular complexity index is 900. The van der Waals surface area contributed by atoms with Crippen molar-refractivity contribution in [2.45, 2.75) is 39.2 Å². The zero-order chi connectivity index (χ0) is 21.7. The van der Waals surface area contributed by atoms with Crippen LogP contribution in [0.3, 0.4) is 0 Å². The van der Waals surface area contributed by atoms with Crippen LogP contribution in [-0.4, -0.2) is 53.9 Å². The number of carbonyl (C=O) groups is 2. The van der Waals surface area contributed by atoms with Gasteiger partial charge in [0.25, 0.3) is 11.8 Å². The van der Waals surface area contributed by atoms with E-state index < -0.39 is 11.9 Å². The number of rotatable bonds is 5. The SMILES string of the molecule is CC(Oc1ccccc1C(C)C)C(=O)N1CCCN(C(=O)c2cccc(F)c2)CC1. The molecule has 30 heavy (non-hydrogen) atoms. The van der Waals surface area contributed by atoms with Gasteiger partial charge in [0.15, 0.2) is 6.10 Å². The van der Waals surface area contributed by atoms with E-state index in [9.17, 15) is 14.0 Å². The maximum atomic E-state index is 13.5. The highest BCUT2D eigenvalue weighted by atomic mass is 19.1. The van der Waals surface area contributed by atoms with Gasteiger partial charge in [0.05, 0.1) is 0 Å². The van der Waals surface area contributed by atoms with Crippen LogP contribution in [0.4, 0.5) is 4.39 Å². The van der Waals surface area contributed by atoms with E-state index >= 15 is 0 Å². The molecule has 0 aliphatic carbocycles. The Morgan fingerprint density at radius 1 is 0.933 bits per heavy atom. The van der Waals surface area contributed by atoms with E-state index in [2.05, 4.69) is 13.8 Å². The maximum Gasteiger partial charge on any atom is 0.263 e. The third-order valence-electron chi connectivity index (χ3n) is 5.36. The molecule has 0 bridgehead atoms. The van der Waals surface area contributed by atoms with Gasteiger partial charge in [-0.15, -0.1) is 0 Å². The van der Waals surface area contributed by atoms with Crippen LogP contribution >= 0.6 is 0 Å². The molecule has 0 radical (unpaired) electrons. The highest BCUT2D eigenvalue weighted by Gasteiger charge is 2.27. The number of carbonyl (C=O) groups excluding carboxylic acids is 2. The number of para-hydroxylation sites is 1. The van der Waals surface area contributed by atoms with Crippen molar-refractivity contribution in [2.24, 2.45) is 0 Å². The minimum absolute atomic E-state index is 0.0892. The molecule has 3 rings (SSSR count). The predicted octanol–water partition coefficient (Wildman–Crippen LogP) is 4.09. The second-order valence-electron chi connectivity index (χ2n) is 7.93. The van der Waals surface area contributed by atoms with Crippen LogP contribution in [0.25, 0.3) is 0 Å². The number of amides is 2. The van der Waals surface area contributed by atoms with Crippen molar-refractivity contribution in [3.8, 4) is 5.75 Å². The lowest BCUT2D eigenvalue weighted by atomic mass is 10.0. The van der Waals surface area contributed by atoms with Gasteiger partial charge in [-0.1, -0.05) is 38.1 Å². The van der Waals surface area contributed by atoms with Crippen LogP contribution in [0.15, 0.2) is 48.5 Å². The summed E-state index contributed by atoms with van der Waals surface area (Å²) in [6.07, 6.45) is 0.0533. The molecule has 6 heteroatoms. The van der Waals surface area contributed by atoms with Gasteiger partial charge >= 0.3 is 0 Å². The van der Waals surface area contributed by atoms with Crippen LogP contribution in [0.2, 0.25) is 0 Å². The molecule has 160 valence electrons. The second kappa shape index (κ2) is 9.74. The van der Waals surface area contributed by atoms with Crippen molar-refractivity contribution >= 4 is 11.8 Å². The number of nitrogens with zero attached hydrogens (tertiary/aromatic N) is 2. The molecule has 2 aromatic carbocycles. The monoisotopic (exact) mass is 412 g/mol. The van der Waals surface area contributed by atoms with Crippen molar-refractivity contribution in [1.29, 1.82) is 0 Å². The fourth-order valence-corrected chi connectivity index (χ4v) is 3.71. The average molecular weight is 413 g/mol. The molecule has 1 unspecified atom stereocenters. The molecule has 1 saturated heterocycles. The first-order chi connectivity index (χ1) is 14.4. The molecule has 1 atom stereocenters. The summed E-state index contributed by atoms with van der Waals surface area (Å²) in [5.41, 5.74) is 1.40. The Morgan fingerprint density at radius 3 is 2.37 bits per heavy atom. The number of hydrogen-bond acceptors (Lipinski definition) is 3. The Labute approximate surface area is 177 Å². The van der Waals surface area contributed by atoms with E-state index in [0.29, 0.717) is 44.1 Å². The van der Waals surface area contributed by atoms with Crippen molar-refractivity contribution < 1.29 is 18.7 Å². The Kier molecular flexibility index (Phi) is 7.08. The van der Waals surface area contributed by atoms with Crippen molar-refractivity contribution in [2.75, 3.05) is 26.2 Å². The highest BCUT2D eigenvalue weighted by Crippen LogP contribution is 2.27. The second-order valence-corrected chi connectivity index (χ2v) is 7.93. The highest BCUT2D eigenvalue weighted by molar-refractivity contribution is 5.94. The molecule has 0 N–H and O–H groups in total. The lowest BCUT2D eigenvalue weighted by molar-refractivity contribution is -0.137. The number of ether oxygens (including phenoxy) is 1. The van der Waals surface area contributed by atoms with Gasteiger partial charge in [-0.2, -0.15) is 0 Å². The number of benzene rings is 2. The number of halogens is 1. The smallest absolute Gasteiger partial charge is 0.263 e. The van der Waals surface area contributed by atoms with Gasteiger partial charge in [0.2, 0.25) is 0 Å². The largest absolute Gasteiger partial charge is 0.481 e. The maximum absolute atomic E-state index is 13.5. The molecule has 1 aliphatic heterocycles. The third kappa shape index (κ3) is 5.17. The van der Waals surface area contributed by atoms with Gasteiger partial charge in [0, 0.05) is 31.7 Å². The van der Waals surface area contributed by atoms with Crippen LogP contribution in [0, 0.1) is 5.82 Å². The lowest BCUT2D eigenvalue weighted by Gasteiger charge is -2.26. The predicted molar refractivity (Wildman–Crippen MR) is 114 cm³/mol. The summed E-state index contributed by atoms with van der Waals surface area (Å²) in [6, 6.07) is 13.5. The van der Waals surface area contributed by atoms with Crippen LogP contribution in [0.5, 0.6) is 5.75 Å². The molecule has 0 aromatic heterocycles.